The number of rotatable bonds is 6. The minimum absolute atomic E-state index is 0.140. The number of likely N-dealkylation sites (N-methyl/N-ethyl adjacent to an activating group) is 1. The van der Waals surface area contributed by atoms with E-state index in [0.717, 1.165) is 9.13 Å². The van der Waals surface area contributed by atoms with Gasteiger partial charge in [-0.05, 0) is 83.2 Å². The van der Waals surface area contributed by atoms with Crippen molar-refractivity contribution in [1.82, 2.24) is 4.90 Å². The van der Waals surface area contributed by atoms with E-state index in [1.165, 1.54) is 28.8 Å². The van der Waals surface area contributed by atoms with Crippen molar-refractivity contribution < 1.29 is 24.2 Å². The van der Waals surface area contributed by atoms with Gasteiger partial charge in [0.1, 0.15) is 0 Å². The van der Waals surface area contributed by atoms with Crippen LogP contribution in [0.3, 0.4) is 0 Å². The summed E-state index contributed by atoms with van der Waals surface area (Å²) in [6.07, 6.45) is 1.78. The monoisotopic (exact) mass is 538 g/mol. The highest BCUT2D eigenvalue weighted by atomic mass is 127. The average Bonchev–Trinajstić information content (AvgIpc) is 2.96. The van der Waals surface area contributed by atoms with Crippen LogP contribution < -0.4 is 9.47 Å². The van der Waals surface area contributed by atoms with E-state index in [1.54, 1.807) is 32.4 Å². The van der Waals surface area contributed by atoms with Crippen molar-refractivity contribution in [2.75, 3.05) is 20.8 Å². The lowest BCUT2D eigenvalue weighted by Crippen LogP contribution is -2.23. The molecule has 1 fully saturated rings. The van der Waals surface area contributed by atoms with Gasteiger partial charge in [0.2, 0.25) is 0 Å². The van der Waals surface area contributed by atoms with Crippen LogP contribution in [-0.4, -0.2) is 47.8 Å². The molecule has 0 radical (unpaired) electrons. The van der Waals surface area contributed by atoms with E-state index < -0.39 is 5.97 Å². The summed E-state index contributed by atoms with van der Waals surface area (Å²) in [7, 11) is 3.23. The van der Waals surface area contributed by atoms with Gasteiger partial charge in [-0.1, -0.05) is 6.07 Å². The molecular weight excluding hydrogens is 519 g/mol. The first-order valence-electron chi connectivity index (χ1n) is 8.94. The normalized spacial score (nSPS) is 16.4. The van der Waals surface area contributed by atoms with Crippen LogP contribution >= 0.6 is 34.4 Å². The summed E-state index contributed by atoms with van der Waals surface area (Å²) in [6.45, 7) is 2.39. The molecule has 7 nitrogen and oxygen atoms in total. The number of amidine groups is 1. The Kier molecular flexibility index (Phi) is 7.03. The van der Waals surface area contributed by atoms with Gasteiger partial charge in [-0.15, -0.1) is 0 Å². The van der Waals surface area contributed by atoms with Gasteiger partial charge in [0.15, 0.2) is 16.7 Å². The fourth-order valence-electron chi connectivity index (χ4n) is 2.75. The Bertz CT molecular complexity index is 1070. The molecule has 1 aliphatic rings. The van der Waals surface area contributed by atoms with Crippen LogP contribution in [0.25, 0.3) is 6.08 Å². The number of halogens is 1. The number of carboxylic acid groups (broad SMARTS) is 1. The van der Waals surface area contributed by atoms with E-state index in [9.17, 15) is 9.59 Å². The molecule has 156 valence electrons. The molecule has 1 aliphatic heterocycles. The van der Waals surface area contributed by atoms with Gasteiger partial charge in [-0.2, -0.15) is 0 Å². The molecule has 1 N–H and O–H groups in total. The van der Waals surface area contributed by atoms with Gasteiger partial charge in [0, 0.05) is 7.05 Å². The van der Waals surface area contributed by atoms with Gasteiger partial charge in [0.05, 0.1) is 33.4 Å². The Hall–Kier alpha value is -2.53. The van der Waals surface area contributed by atoms with Gasteiger partial charge in [0.25, 0.3) is 5.91 Å². The molecular formula is C21H19IN2O5S. The maximum absolute atomic E-state index is 12.7. The Morgan fingerprint density at radius 1 is 1.33 bits per heavy atom. The molecule has 2 aromatic carbocycles. The molecule has 0 aromatic heterocycles. The number of amides is 1. The van der Waals surface area contributed by atoms with Crippen molar-refractivity contribution in [3.05, 3.63) is 56.0 Å². The standard InChI is InChI=1S/C21H19IN2O5S/c1-4-29-16-9-12(8-15(22)18(16)28-3)10-17-19(25)24(2)21(30-17)23-14-7-5-6-13(11-14)20(26)27/h5-11H,4H2,1-3H3,(H,26,27)/b17-10+,23-21?. The van der Waals surface area contributed by atoms with Crippen LogP contribution in [0.2, 0.25) is 0 Å². The quantitative estimate of drug-likeness (QED) is 0.427. The lowest BCUT2D eigenvalue weighted by Gasteiger charge is -2.12. The second-order valence-electron chi connectivity index (χ2n) is 6.19. The van der Waals surface area contributed by atoms with Crippen LogP contribution in [0.1, 0.15) is 22.8 Å². The highest BCUT2D eigenvalue weighted by Crippen LogP contribution is 2.37. The fourth-order valence-corrected chi connectivity index (χ4v) is 4.59. The number of carbonyl (C=O) groups excluding carboxylic acids is 1. The lowest BCUT2D eigenvalue weighted by atomic mass is 10.2. The third-order valence-electron chi connectivity index (χ3n) is 4.16. The molecule has 3 rings (SSSR count). The molecule has 2 aromatic rings. The van der Waals surface area contributed by atoms with Crippen molar-refractivity contribution in [2.24, 2.45) is 4.99 Å². The number of aromatic carboxylic acids is 1. The summed E-state index contributed by atoms with van der Waals surface area (Å²) in [5, 5.41) is 9.62. The van der Waals surface area contributed by atoms with Crippen LogP contribution in [0.5, 0.6) is 11.5 Å². The van der Waals surface area contributed by atoms with Crippen LogP contribution in [-0.2, 0) is 4.79 Å². The third kappa shape index (κ3) is 4.78. The molecule has 0 aliphatic carbocycles. The zero-order chi connectivity index (χ0) is 21.8. The molecule has 0 spiro atoms. The second kappa shape index (κ2) is 9.52. The summed E-state index contributed by atoms with van der Waals surface area (Å²) in [4.78, 5) is 30.3. The van der Waals surface area contributed by atoms with Crippen molar-refractivity contribution in [3.8, 4) is 11.5 Å². The maximum Gasteiger partial charge on any atom is 0.335 e. The number of hydrogen-bond acceptors (Lipinski definition) is 6. The molecule has 1 heterocycles. The molecule has 0 bridgehead atoms. The van der Waals surface area contributed by atoms with E-state index in [4.69, 9.17) is 14.6 Å². The Morgan fingerprint density at radius 2 is 2.10 bits per heavy atom. The minimum Gasteiger partial charge on any atom is -0.492 e. The predicted octanol–water partition coefficient (Wildman–Crippen LogP) is 4.63. The molecule has 30 heavy (non-hydrogen) atoms. The minimum atomic E-state index is -1.03. The number of nitrogens with zero attached hydrogens (tertiary/aromatic N) is 2. The van der Waals surface area contributed by atoms with Gasteiger partial charge in [-0.3, -0.25) is 9.69 Å². The topological polar surface area (TPSA) is 88.4 Å². The van der Waals surface area contributed by atoms with Crippen molar-refractivity contribution in [2.45, 2.75) is 6.92 Å². The number of ether oxygens (including phenoxy) is 2. The first-order valence-corrected chi connectivity index (χ1v) is 10.8. The second-order valence-corrected chi connectivity index (χ2v) is 8.36. The van der Waals surface area contributed by atoms with Crippen molar-refractivity contribution >= 4 is 63.2 Å². The predicted molar refractivity (Wildman–Crippen MR) is 126 cm³/mol. The summed E-state index contributed by atoms with van der Waals surface area (Å²) in [5.74, 6) is 0.0573. The van der Waals surface area contributed by atoms with Gasteiger partial charge in [-0.25, -0.2) is 9.79 Å². The number of carbonyl (C=O) groups is 2. The summed E-state index contributed by atoms with van der Waals surface area (Å²) in [6, 6.07) is 10.0. The summed E-state index contributed by atoms with van der Waals surface area (Å²) in [5.41, 5.74) is 1.42. The number of thioether (sulfide) groups is 1. The molecule has 1 amide bonds. The largest absolute Gasteiger partial charge is 0.492 e. The lowest BCUT2D eigenvalue weighted by molar-refractivity contribution is -0.121. The van der Waals surface area contributed by atoms with Crippen LogP contribution in [0.4, 0.5) is 5.69 Å². The van der Waals surface area contributed by atoms with Gasteiger partial charge < -0.3 is 14.6 Å². The third-order valence-corrected chi connectivity index (χ3v) is 6.02. The zero-order valence-electron chi connectivity index (χ0n) is 16.5. The number of benzene rings is 2. The number of carboxylic acids is 1. The molecule has 0 atom stereocenters. The van der Waals surface area contributed by atoms with Crippen molar-refractivity contribution in [1.29, 1.82) is 0 Å². The molecule has 1 saturated heterocycles. The SMILES string of the molecule is CCOc1cc(/C=C2/SC(=Nc3cccc(C(=O)O)c3)N(C)C2=O)cc(I)c1OC. The van der Waals surface area contributed by atoms with E-state index in [-0.39, 0.29) is 11.5 Å². The number of hydrogen-bond donors (Lipinski definition) is 1. The Labute approximate surface area is 191 Å². The van der Waals surface area contributed by atoms with E-state index in [1.807, 2.05) is 19.1 Å². The number of aliphatic imine (C=N–C) groups is 1. The highest BCUT2D eigenvalue weighted by Gasteiger charge is 2.30. The molecule has 0 saturated carbocycles. The smallest absolute Gasteiger partial charge is 0.335 e. The maximum atomic E-state index is 12.7. The average molecular weight is 538 g/mol. The Morgan fingerprint density at radius 3 is 2.77 bits per heavy atom. The first kappa shape index (κ1) is 22.2. The van der Waals surface area contributed by atoms with Gasteiger partial charge >= 0.3 is 5.97 Å². The van der Waals surface area contributed by atoms with E-state index in [2.05, 4.69) is 27.6 Å². The van der Waals surface area contributed by atoms with E-state index >= 15 is 0 Å². The fraction of sp³-hybridized carbons (Fsp3) is 0.190. The highest BCUT2D eigenvalue weighted by molar-refractivity contribution is 14.1. The zero-order valence-corrected chi connectivity index (χ0v) is 19.5. The summed E-state index contributed by atoms with van der Waals surface area (Å²) >= 11 is 3.40. The van der Waals surface area contributed by atoms with Crippen LogP contribution in [0, 0.1) is 3.57 Å². The molecule has 9 heteroatoms. The first-order chi connectivity index (χ1) is 14.3. The number of methoxy groups -OCH3 is 1. The van der Waals surface area contributed by atoms with Crippen LogP contribution in [0.15, 0.2) is 46.3 Å². The summed E-state index contributed by atoms with van der Waals surface area (Å²) < 4.78 is 11.9. The Balaban J connectivity index is 1.93. The molecule has 0 unspecified atom stereocenters. The van der Waals surface area contributed by atoms with Crippen molar-refractivity contribution in [3.63, 3.8) is 0 Å². The van der Waals surface area contributed by atoms with E-state index in [0.29, 0.717) is 33.9 Å².